The van der Waals surface area contributed by atoms with E-state index in [0.717, 1.165) is 5.56 Å². The van der Waals surface area contributed by atoms with Crippen LogP contribution in [0.5, 0.6) is 5.88 Å². The van der Waals surface area contributed by atoms with E-state index in [1.54, 1.807) is 19.4 Å². The van der Waals surface area contributed by atoms with Gasteiger partial charge < -0.3 is 10.5 Å². The summed E-state index contributed by atoms with van der Waals surface area (Å²) in [7, 11) is 1.58. The first-order valence-corrected chi connectivity index (χ1v) is 4.00. The number of ether oxygens (including phenoxy) is 1. The number of aryl methyl sites for hydroxylation is 1. The summed E-state index contributed by atoms with van der Waals surface area (Å²) in [5, 5.41) is 0. The highest BCUT2D eigenvalue weighted by Gasteiger charge is 1.95. The fourth-order valence-corrected chi connectivity index (χ4v) is 0.652. The number of nitrogens with two attached hydrogens (primary N) is 1. The molecule has 0 aromatic carbocycles. The Labute approximate surface area is 73.6 Å². The predicted molar refractivity (Wildman–Crippen MR) is 51.3 cm³/mol. The molecular weight excluding hydrogens is 152 g/mol. The zero-order valence-electron chi connectivity index (χ0n) is 8.09. The molecule has 0 aliphatic rings. The summed E-state index contributed by atoms with van der Waals surface area (Å²) in [5.41, 5.74) is 7.21. The maximum atomic E-state index is 5.53. The minimum absolute atomic E-state index is 0.603. The number of anilines is 1. The average molecular weight is 168 g/mol. The summed E-state index contributed by atoms with van der Waals surface area (Å²) in [6.07, 6.45) is 1.59. The van der Waals surface area contributed by atoms with Crippen LogP contribution < -0.4 is 10.5 Å². The highest BCUT2D eigenvalue weighted by atomic mass is 16.5. The Bertz CT molecular complexity index is 236. The molecule has 0 saturated heterocycles. The van der Waals surface area contributed by atoms with Gasteiger partial charge in [-0.1, -0.05) is 13.8 Å². The molecular formula is C9H16N2O. The van der Waals surface area contributed by atoms with Crippen molar-refractivity contribution in [2.45, 2.75) is 20.8 Å². The first kappa shape index (κ1) is 10.8. The molecule has 0 aliphatic heterocycles. The normalized spacial score (nSPS) is 8.33. The van der Waals surface area contributed by atoms with Crippen molar-refractivity contribution in [2.24, 2.45) is 0 Å². The Morgan fingerprint density at radius 2 is 2.00 bits per heavy atom. The van der Waals surface area contributed by atoms with Crippen molar-refractivity contribution >= 4 is 5.69 Å². The number of nitrogens with zero attached hydrogens (tertiary/aromatic N) is 1. The third kappa shape index (κ3) is 2.78. The largest absolute Gasteiger partial charge is 0.481 e. The zero-order chi connectivity index (χ0) is 9.56. The van der Waals surface area contributed by atoms with Crippen molar-refractivity contribution in [3.63, 3.8) is 0 Å². The Morgan fingerprint density at radius 3 is 2.42 bits per heavy atom. The van der Waals surface area contributed by atoms with Gasteiger partial charge >= 0.3 is 0 Å². The van der Waals surface area contributed by atoms with Crippen molar-refractivity contribution in [3.05, 3.63) is 17.8 Å². The van der Waals surface area contributed by atoms with E-state index in [9.17, 15) is 0 Å². The van der Waals surface area contributed by atoms with Crippen LogP contribution in [0.1, 0.15) is 19.4 Å². The highest BCUT2D eigenvalue weighted by Crippen LogP contribution is 2.13. The molecule has 68 valence electrons. The van der Waals surface area contributed by atoms with Crippen molar-refractivity contribution in [1.82, 2.24) is 4.98 Å². The quantitative estimate of drug-likeness (QED) is 0.697. The lowest BCUT2D eigenvalue weighted by Crippen LogP contribution is -1.93. The number of hydrogen-bond donors (Lipinski definition) is 1. The van der Waals surface area contributed by atoms with Gasteiger partial charge in [-0.25, -0.2) is 4.98 Å². The first-order valence-electron chi connectivity index (χ1n) is 4.00. The maximum Gasteiger partial charge on any atom is 0.213 e. The van der Waals surface area contributed by atoms with Gasteiger partial charge in [-0.3, -0.25) is 0 Å². The summed E-state index contributed by atoms with van der Waals surface area (Å²) in [6.45, 7) is 5.92. The van der Waals surface area contributed by atoms with Gasteiger partial charge in [0.05, 0.1) is 19.0 Å². The topological polar surface area (TPSA) is 48.1 Å². The average Bonchev–Trinajstić information content (AvgIpc) is 2.13. The second-order valence-electron chi connectivity index (χ2n) is 2.08. The molecule has 3 heteroatoms. The van der Waals surface area contributed by atoms with Crippen molar-refractivity contribution in [2.75, 3.05) is 12.8 Å². The molecule has 0 unspecified atom stereocenters. The van der Waals surface area contributed by atoms with Crippen LogP contribution in [0.4, 0.5) is 5.69 Å². The van der Waals surface area contributed by atoms with Crippen LogP contribution in [0.25, 0.3) is 0 Å². The van der Waals surface area contributed by atoms with E-state index >= 15 is 0 Å². The minimum Gasteiger partial charge on any atom is -0.481 e. The van der Waals surface area contributed by atoms with Gasteiger partial charge in [0.1, 0.15) is 0 Å². The van der Waals surface area contributed by atoms with E-state index in [4.69, 9.17) is 10.5 Å². The molecule has 2 N–H and O–H groups in total. The second kappa shape index (κ2) is 5.41. The third-order valence-corrected chi connectivity index (χ3v) is 1.34. The molecule has 0 atom stereocenters. The van der Waals surface area contributed by atoms with Crippen LogP contribution in [0.3, 0.4) is 0 Å². The Hall–Kier alpha value is -1.25. The molecule has 0 fully saturated rings. The van der Waals surface area contributed by atoms with E-state index in [0.29, 0.717) is 11.6 Å². The van der Waals surface area contributed by atoms with E-state index in [1.165, 1.54) is 0 Å². The smallest absolute Gasteiger partial charge is 0.213 e. The molecule has 12 heavy (non-hydrogen) atoms. The number of rotatable bonds is 1. The van der Waals surface area contributed by atoms with Crippen LogP contribution in [0.15, 0.2) is 12.3 Å². The van der Waals surface area contributed by atoms with Crippen LogP contribution in [-0.2, 0) is 0 Å². The monoisotopic (exact) mass is 168 g/mol. The zero-order valence-corrected chi connectivity index (χ0v) is 8.09. The van der Waals surface area contributed by atoms with Gasteiger partial charge in [0.2, 0.25) is 5.88 Å². The Balaban J connectivity index is 0.000000561. The lowest BCUT2D eigenvalue weighted by molar-refractivity contribution is 0.397. The maximum absolute atomic E-state index is 5.53. The van der Waals surface area contributed by atoms with Gasteiger partial charge in [0, 0.05) is 6.07 Å². The Kier molecular flexibility index (Phi) is 4.84. The fraction of sp³-hybridized carbons (Fsp3) is 0.444. The van der Waals surface area contributed by atoms with E-state index in [1.807, 2.05) is 20.8 Å². The molecule has 1 aromatic rings. The molecule has 1 rings (SSSR count). The standard InChI is InChI=1S/C7H10N2O.C2H6/c1-5-3-7(10-2)9-4-6(5)8;1-2/h3-4H,8H2,1-2H3;1-2H3. The molecule has 3 nitrogen and oxygen atoms in total. The van der Waals surface area contributed by atoms with Crippen LogP contribution in [0, 0.1) is 6.92 Å². The molecule has 1 aromatic heterocycles. The van der Waals surface area contributed by atoms with E-state index in [2.05, 4.69) is 4.98 Å². The molecule has 0 bridgehead atoms. The predicted octanol–water partition coefficient (Wildman–Crippen LogP) is 2.01. The third-order valence-electron chi connectivity index (χ3n) is 1.34. The SMILES string of the molecule is CC.COc1cc(C)c(N)cn1. The Morgan fingerprint density at radius 1 is 1.42 bits per heavy atom. The minimum atomic E-state index is 0.603. The number of methoxy groups -OCH3 is 1. The molecule has 0 aliphatic carbocycles. The molecule has 1 heterocycles. The summed E-state index contributed by atoms with van der Waals surface area (Å²) in [6, 6.07) is 1.80. The summed E-state index contributed by atoms with van der Waals surface area (Å²) in [5.74, 6) is 0.603. The number of aromatic nitrogens is 1. The summed E-state index contributed by atoms with van der Waals surface area (Å²) < 4.78 is 4.88. The second-order valence-corrected chi connectivity index (χ2v) is 2.08. The lowest BCUT2D eigenvalue weighted by Gasteiger charge is -2.00. The van der Waals surface area contributed by atoms with Gasteiger partial charge in [-0.2, -0.15) is 0 Å². The number of hydrogen-bond acceptors (Lipinski definition) is 3. The van der Waals surface area contributed by atoms with Gasteiger partial charge in [-0.05, 0) is 12.5 Å². The van der Waals surface area contributed by atoms with Crippen molar-refractivity contribution in [3.8, 4) is 5.88 Å². The van der Waals surface area contributed by atoms with E-state index in [-0.39, 0.29) is 0 Å². The van der Waals surface area contributed by atoms with Crippen LogP contribution in [0.2, 0.25) is 0 Å². The number of pyridine rings is 1. The number of nitrogen functional groups attached to an aromatic ring is 1. The molecule has 0 radical (unpaired) electrons. The fourth-order valence-electron chi connectivity index (χ4n) is 0.652. The molecule has 0 spiro atoms. The highest BCUT2D eigenvalue weighted by molar-refractivity contribution is 5.45. The first-order chi connectivity index (χ1) is 5.74. The summed E-state index contributed by atoms with van der Waals surface area (Å²) in [4.78, 5) is 3.91. The van der Waals surface area contributed by atoms with Gasteiger partial charge in [0.15, 0.2) is 0 Å². The van der Waals surface area contributed by atoms with Gasteiger partial charge in [0.25, 0.3) is 0 Å². The van der Waals surface area contributed by atoms with Crippen molar-refractivity contribution < 1.29 is 4.74 Å². The molecule has 0 saturated carbocycles. The van der Waals surface area contributed by atoms with Crippen LogP contribution in [-0.4, -0.2) is 12.1 Å². The lowest BCUT2D eigenvalue weighted by atomic mass is 10.2. The van der Waals surface area contributed by atoms with Crippen molar-refractivity contribution in [1.29, 1.82) is 0 Å². The van der Waals surface area contributed by atoms with Crippen LogP contribution >= 0.6 is 0 Å². The molecule has 0 amide bonds. The van der Waals surface area contributed by atoms with Gasteiger partial charge in [-0.15, -0.1) is 0 Å². The summed E-state index contributed by atoms with van der Waals surface area (Å²) >= 11 is 0. The van der Waals surface area contributed by atoms with E-state index < -0.39 is 0 Å².